The van der Waals surface area contributed by atoms with Crippen LogP contribution in [-0.4, -0.2) is 29.8 Å². The normalized spacial score (nSPS) is 23.4. The first-order valence-corrected chi connectivity index (χ1v) is 6.44. The zero-order chi connectivity index (χ0) is 12.3. The fourth-order valence-corrected chi connectivity index (χ4v) is 2.57. The largest absolute Gasteiger partial charge is 0.498 e. The van der Waals surface area contributed by atoms with Crippen LogP contribution in [0.5, 0.6) is 0 Å². The fourth-order valence-electron chi connectivity index (χ4n) is 2.57. The molecule has 0 bridgehead atoms. The number of allylic oxidation sites excluding steroid dienone is 1. The summed E-state index contributed by atoms with van der Waals surface area (Å²) in [6.07, 6.45) is 5.36. The van der Waals surface area contributed by atoms with Crippen LogP contribution in [0.1, 0.15) is 45.4 Å². The predicted molar refractivity (Wildman–Crippen MR) is 64.3 cm³/mol. The number of rotatable bonds is 3. The third-order valence-corrected chi connectivity index (χ3v) is 3.70. The Balaban J connectivity index is 1.88. The Hall–Kier alpha value is -1.03. The third kappa shape index (κ3) is 3.00. The van der Waals surface area contributed by atoms with Crippen molar-refractivity contribution in [3.05, 3.63) is 11.3 Å². The summed E-state index contributed by atoms with van der Waals surface area (Å²) in [5.74, 6) is 0.648. The summed E-state index contributed by atoms with van der Waals surface area (Å²) in [4.78, 5) is 11.9. The average Bonchev–Trinajstić information content (AvgIpc) is 2.74. The van der Waals surface area contributed by atoms with Crippen LogP contribution in [0.4, 0.5) is 0 Å². The second-order valence-corrected chi connectivity index (χ2v) is 5.10. The summed E-state index contributed by atoms with van der Waals surface area (Å²) >= 11 is 0. The summed E-state index contributed by atoms with van der Waals surface area (Å²) in [5, 5.41) is 13.0. The fraction of sp³-hybridized carbons (Fsp3) is 0.769. The van der Waals surface area contributed by atoms with E-state index in [1.165, 1.54) is 0 Å². The number of hydrogen-bond acceptors (Lipinski definition) is 3. The van der Waals surface area contributed by atoms with Crippen molar-refractivity contribution < 1.29 is 14.6 Å². The Bertz CT molecular complexity index is 330. The van der Waals surface area contributed by atoms with Crippen molar-refractivity contribution in [3.8, 4) is 0 Å². The first kappa shape index (κ1) is 12.4. The molecule has 4 nitrogen and oxygen atoms in total. The number of hydrogen-bond donors (Lipinski definition) is 2. The van der Waals surface area contributed by atoms with Crippen molar-refractivity contribution in [2.45, 2.75) is 51.0 Å². The van der Waals surface area contributed by atoms with Crippen molar-refractivity contribution in [2.75, 3.05) is 13.2 Å². The van der Waals surface area contributed by atoms with Gasteiger partial charge in [0.15, 0.2) is 0 Å². The van der Waals surface area contributed by atoms with Gasteiger partial charge in [-0.05, 0) is 32.6 Å². The molecular formula is C13H21NO3. The van der Waals surface area contributed by atoms with E-state index in [9.17, 15) is 9.90 Å². The molecule has 4 heteroatoms. The molecule has 1 fully saturated rings. The van der Waals surface area contributed by atoms with Crippen LogP contribution >= 0.6 is 0 Å². The minimum absolute atomic E-state index is 0.0810. The van der Waals surface area contributed by atoms with E-state index in [0.717, 1.165) is 49.9 Å². The lowest BCUT2D eigenvalue weighted by Crippen LogP contribution is -2.41. The van der Waals surface area contributed by atoms with Gasteiger partial charge in [0.2, 0.25) is 0 Å². The monoisotopic (exact) mass is 239 g/mol. The molecule has 0 saturated heterocycles. The molecule has 0 aromatic rings. The van der Waals surface area contributed by atoms with E-state index in [-0.39, 0.29) is 5.91 Å². The van der Waals surface area contributed by atoms with E-state index < -0.39 is 5.60 Å². The van der Waals surface area contributed by atoms with Crippen LogP contribution in [-0.2, 0) is 9.53 Å². The van der Waals surface area contributed by atoms with Crippen LogP contribution in [0.25, 0.3) is 0 Å². The van der Waals surface area contributed by atoms with Crippen molar-refractivity contribution in [2.24, 2.45) is 0 Å². The van der Waals surface area contributed by atoms with Gasteiger partial charge < -0.3 is 15.2 Å². The molecule has 1 saturated carbocycles. The van der Waals surface area contributed by atoms with Crippen LogP contribution in [0.15, 0.2) is 11.3 Å². The highest BCUT2D eigenvalue weighted by Gasteiger charge is 2.31. The van der Waals surface area contributed by atoms with Crippen LogP contribution in [0.2, 0.25) is 0 Å². The van der Waals surface area contributed by atoms with Gasteiger partial charge in [-0.3, -0.25) is 4.79 Å². The van der Waals surface area contributed by atoms with E-state index >= 15 is 0 Å². The molecule has 1 amide bonds. The summed E-state index contributed by atoms with van der Waals surface area (Å²) in [7, 11) is 0. The van der Waals surface area contributed by atoms with E-state index in [2.05, 4.69) is 5.32 Å². The third-order valence-electron chi connectivity index (χ3n) is 3.70. The molecule has 0 spiro atoms. The highest BCUT2D eigenvalue weighted by molar-refractivity contribution is 5.93. The molecule has 1 heterocycles. The first-order valence-electron chi connectivity index (χ1n) is 6.44. The average molecular weight is 239 g/mol. The lowest BCUT2D eigenvalue weighted by Gasteiger charge is -2.24. The zero-order valence-corrected chi connectivity index (χ0v) is 10.4. The molecule has 96 valence electrons. The zero-order valence-electron chi connectivity index (χ0n) is 10.4. The van der Waals surface area contributed by atoms with E-state index in [1.54, 1.807) is 0 Å². The van der Waals surface area contributed by atoms with Crippen molar-refractivity contribution in [1.82, 2.24) is 5.32 Å². The van der Waals surface area contributed by atoms with Crippen molar-refractivity contribution >= 4 is 5.91 Å². The standard InChI is InChI=1S/C13H21NO3/c1-10-11(5-4-8-17-10)12(15)14-9-13(16)6-2-3-7-13/h16H,2-9H2,1H3,(H,14,15). The van der Waals surface area contributed by atoms with Crippen molar-refractivity contribution in [1.29, 1.82) is 0 Å². The number of nitrogens with one attached hydrogen (secondary N) is 1. The molecule has 2 rings (SSSR count). The van der Waals surface area contributed by atoms with Gasteiger partial charge in [0.25, 0.3) is 5.91 Å². The molecule has 0 aromatic carbocycles. The minimum Gasteiger partial charge on any atom is -0.498 e. The second-order valence-electron chi connectivity index (χ2n) is 5.10. The molecule has 17 heavy (non-hydrogen) atoms. The quantitative estimate of drug-likeness (QED) is 0.784. The molecule has 0 radical (unpaired) electrons. The smallest absolute Gasteiger partial charge is 0.250 e. The molecule has 2 N–H and O–H groups in total. The number of amides is 1. The molecule has 0 unspecified atom stereocenters. The number of carbonyl (C=O) groups excluding carboxylic acids is 1. The maximum Gasteiger partial charge on any atom is 0.250 e. The molecule has 1 aliphatic carbocycles. The van der Waals surface area contributed by atoms with Gasteiger partial charge in [0, 0.05) is 6.54 Å². The van der Waals surface area contributed by atoms with Gasteiger partial charge >= 0.3 is 0 Å². The highest BCUT2D eigenvalue weighted by atomic mass is 16.5. The van der Waals surface area contributed by atoms with Gasteiger partial charge in [-0.25, -0.2) is 0 Å². The van der Waals surface area contributed by atoms with Crippen LogP contribution in [0.3, 0.4) is 0 Å². The Morgan fingerprint density at radius 3 is 2.76 bits per heavy atom. The Morgan fingerprint density at radius 1 is 1.41 bits per heavy atom. The topological polar surface area (TPSA) is 58.6 Å². The van der Waals surface area contributed by atoms with Gasteiger partial charge in [-0.2, -0.15) is 0 Å². The molecule has 1 aliphatic heterocycles. The van der Waals surface area contributed by atoms with Gasteiger partial charge in [0.05, 0.1) is 17.8 Å². The molecule has 0 atom stereocenters. The molecule has 2 aliphatic rings. The second kappa shape index (κ2) is 5.08. The Labute approximate surface area is 102 Å². The van der Waals surface area contributed by atoms with E-state index in [4.69, 9.17) is 4.74 Å². The number of ether oxygens (including phenoxy) is 1. The van der Waals surface area contributed by atoms with Crippen molar-refractivity contribution in [3.63, 3.8) is 0 Å². The summed E-state index contributed by atoms with van der Waals surface area (Å²) in [6, 6.07) is 0. The maximum atomic E-state index is 11.9. The lowest BCUT2D eigenvalue weighted by molar-refractivity contribution is -0.119. The van der Waals surface area contributed by atoms with Gasteiger partial charge in [-0.15, -0.1) is 0 Å². The predicted octanol–water partition coefficient (Wildman–Crippen LogP) is 1.49. The summed E-state index contributed by atoms with van der Waals surface area (Å²) in [5.41, 5.74) is 0.0532. The van der Waals surface area contributed by atoms with Gasteiger partial charge in [-0.1, -0.05) is 12.8 Å². The SMILES string of the molecule is CC1=C(C(=O)NCC2(O)CCCC2)CCCO1. The molecular weight excluding hydrogens is 218 g/mol. The Morgan fingerprint density at radius 2 is 2.12 bits per heavy atom. The highest BCUT2D eigenvalue weighted by Crippen LogP contribution is 2.28. The Kier molecular flexibility index (Phi) is 3.72. The van der Waals surface area contributed by atoms with Gasteiger partial charge in [0.1, 0.15) is 5.76 Å². The van der Waals surface area contributed by atoms with E-state index in [1.807, 2.05) is 6.92 Å². The number of aliphatic hydroxyl groups is 1. The minimum atomic E-state index is -0.681. The summed E-state index contributed by atoms with van der Waals surface area (Å²) in [6.45, 7) is 2.90. The van der Waals surface area contributed by atoms with Crippen LogP contribution < -0.4 is 5.32 Å². The first-order chi connectivity index (χ1) is 8.11. The molecule has 0 aromatic heterocycles. The van der Waals surface area contributed by atoms with Crippen LogP contribution in [0, 0.1) is 0 Å². The number of carbonyl (C=O) groups is 1. The lowest BCUT2D eigenvalue weighted by atomic mass is 10.0. The summed E-state index contributed by atoms with van der Waals surface area (Å²) < 4.78 is 5.36. The van der Waals surface area contributed by atoms with E-state index in [0.29, 0.717) is 13.2 Å². The maximum absolute atomic E-state index is 11.9.